The number of carbonyl (C=O) groups is 1. The Hall–Kier alpha value is -2.48. The average molecular weight is 453 g/mol. The van der Waals surface area contributed by atoms with Gasteiger partial charge in [0.1, 0.15) is 12.3 Å². The number of benzene rings is 2. The number of carbonyl (C=O) groups excluding carboxylic acids is 1. The second-order valence-corrected chi connectivity index (χ2v) is 9.04. The van der Waals surface area contributed by atoms with Crippen molar-refractivity contribution in [2.24, 2.45) is 0 Å². The van der Waals surface area contributed by atoms with E-state index in [9.17, 15) is 13.2 Å². The molecule has 1 aromatic heterocycles. The molecule has 0 bridgehead atoms. The number of amides is 1. The zero-order chi connectivity index (χ0) is 21.0. The molecule has 0 unspecified atom stereocenters. The van der Waals surface area contributed by atoms with Crippen molar-refractivity contribution in [3.05, 3.63) is 82.2 Å². The molecule has 152 valence electrons. The monoisotopic (exact) mass is 452 g/mol. The predicted molar refractivity (Wildman–Crippen MR) is 113 cm³/mol. The van der Waals surface area contributed by atoms with Crippen LogP contribution in [0.5, 0.6) is 0 Å². The van der Waals surface area contributed by atoms with Gasteiger partial charge in [0, 0.05) is 10.0 Å². The Morgan fingerprint density at radius 3 is 2.31 bits per heavy atom. The summed E-state index contributed by atoms with van der Waals surface area (Å²) in [7, 11) is -4.04. The van der Waals surface area contributed by atoms with Gasteiger partial charge >= 0.3 is 0 Å². The van der Waals surface area contributed by atoms with E-state index in [4.69, 9.17) is 27.6 Å². The molecule has 1 N–H and O–H groups in total. The smallest absolute Gasteiger partial charge is 0.264 e. The number of furan rings is 1. The topological polar surface area (TPSA) is 79.6 Å². The highest BCUT2D eigenvalue weighted by Gasteiger charge is 2.27. The summed E-state index contributed by atoms with van der Waals surface area (Å²) < 4.78 is 32.7. The first-order valence-corrected chi connectivity index (χ1v) is 10.8. The van der Waals surface area contributed by atoms with E-state index in [1.165, 1.54) is 36.6 Å². The Bertz CT molecular complexity index is 1080. The van der Waals surface area contributed by atoms with Crippen LogP contribution < -0.4 is 9.62 Å². The Morgan fingerprint density at radius 1 is 1.07 bits per heavy atom. The highest BCUT2D eigenvalue weighted by Crippen LogP contribution is 2.29. The molecule has 0 aliphatic rings. The molecule has 9 heteroatoms. The molecule has 2 aromatic carbocycles. The molecule has 29 heavy (non-hydrogen) atoms. The minimum atomic E-state index is -4.04. The average Bonchev–Trinajstić information content (AvgIpc) is 3.17. The first kappa shape index (κ1) is 21.2. The van der Waals surface area contributed by atoms with Gasteiger partial charge in [-0.1, -0.05) is 40.9 Å². The van der Waals surface area contributed by atoms with Gasteiger partial charge in [-0.3, -0.25) is 9.10 Å². The standard InChI is InChI=1S/C20H18Cl2N2O4S/c1-14-4-6-19(7-5-14)29(26,27)24(17-10-15(21)9-16(22)11-17)13-20(25)23-12-18-3-2-8-28-18/h2-11H,12-13H2,1H3,(H,23,25). The van der Waals surface area contributed by atoms with Crippen LogP contribution in [0.15, 0.2) is 70.2 Å². The van der Waals surface area contributed by atoms with Crippen molar-refractivity contribution in [1.82, 2.24) is 5.32 Å². The van der Waals surface area contributed by atoms with Crippen molar-refractivity contribution < 1.29 is 17.6 Å². The zero-order valence-corrected chi connectivity index (χ0v) is 17.8. The fourth-order valence-corrected chi connectivity index (χ4v) is 4.54. The van der Waals surface area contributed by atoms with Crippen LogP contribution in [0.3, 0.4) is 0 Å². The van der Waals surface area contributed by atoms with Gasteiger partial charge in [0.25, 0.3) is 10.0 Å². The van der Waals surface area contributed by atoms with Crippen LogP contribution in [-0.4, -0.2) is 20.9 Å². The van der Waals surface area contributed by atoms with Gasteiger partial charge in [-0.15, -0.1) is 0 Å². The lowest BCUT2D eigenvalue weighted by Gasteiger charge is -2.24. The van der Waals surface area contributed by atoms with Gasteiger partial charge in [0.2, 0.25) is 5.91 Å². The molecule has 1 heterocycles. The highest BCUT2D eigenvalue weighted by atomic mass is 35.5. The molecule has 0 saturated heterocycles. The largest absolute Gasteiger partial charge is 0.467 e. The summed E-state index contributed by atoms with van der Waals surface area (Å²) in [5, 5.41) is 3.16. The molecule has 0 saturated carbocycles. The van der Waals surface area contributed by atoms with Crippen LogP contribution in [0, 0.1) is 6.92 Å². The molecule has 0 spiro atoms. The molecule has 1 amide bonds. The summed E-state index contributed by atoms with van der Waals surface area (Å²) in [5.41, 5.74) is 1.11. The second-order valence-electron chi connectivity index (χ2n) is 6.31. The lowest BCUT2D eigenvalue weighted by molar-refractivity contribution is -0.119. The third-order valence-electron chi connectivity index (χ3n) is 4.07. The van der Waals surface area contributed by atoms with Gasteiger partial charge in [-0.05, 0) is 49.4 Å². The number of hydrogen-bond acceptors (Lipinski definition) is 4. The van der Waals surface area contributed by atoms with E-state index in [-0.39, 0.29) is 27.2 Å². The maximum absolute atomic E-state index is 13.3. The van der Waals surface area contributed by atoms with Crippen molar-refractivity contribution in [2.45, 2.75) is 18.4 Å². The predicted octanol–water partition coefficient (Wildman–Crippen LogP) is 4.41. The fourth-order valence-electron chi connectivity index (χ4n) is 2.62. The van der Waals surface area contributed by atoms with E-state index in [0.29, 0.717) is 5.76 Å². The van der Waals surface area contributed by atoms with Gasteiger partial charge < -0.3 is 9.73 Å². The maximum atomic E-state index is 13.3. The molecular weight excluding hydrogens is 435 g/mol. The first-order valence-electron chi connectivity index (χ1n) is 8.60. The Kier molecular flexibility index (Phi) is 6.52. The molecule has 0 fully saturated rings. The number of aryl methyl sites for hydroxylation is 1. The van der Waals surface area contributed by atoms with Crippen LogP contribution in [0.2, 0.25) is 10.0 Å². The van der Waals surface area contributed by atoms with E-state index in [1.54, 1.807) is 24.3 Å². The summed E-state index contributed by atoms with van der Waals surface area (Å²) in [6.07, 6.45) is 1.49. The summed E-state index contributed by atoms with van der Waals surface area (Å²) in [4.78, 5) is 12.6. The van der Waals surface area contributed by atoms with Crippen molar-refractivity contribution >= 4 is 44.8 Å². The second kappa shape index (κ2) is 8.90. The number of sulfonamides is 1. The third-order valence-corrected chi connectivity index (χ3v) is 6.30. The Balaban J connectivity index is 1.92. The molecule has 3 rings (SSSR count). The summed E-state index contributed by atoms with van der Waals surface area (Å²) in [5.74, 6) is 0.0466. The van der Waals surface area contributed by atoms with Crippen LogP contribution in [0.1, 0.15) is 11.3 Å². The van der Waals surface area contributed by atoms with E-state index in [1.807, 2.05) is 6.92 Å². The molecule has 0 atom stereocenters. The highest BCUT2D eigenvalue weighted by molar-refractivity contribution is 7.92. The number of hydrogen-bond donors (Lipinski definition) is 1. The third kappa shape index (κ3) is 5.32. The lowest BCUT2D eigenvalue weighted by Crippen LogP contribution is -2.40. The molecule has 0 aliphatic carbocycles. The Labute approximate surface area is 179 Å². The maximum Gasteiger partial charge on any atom is 0.264 e. The fraction of sp³-hybridized carbons (Fsp3) is 0.150. The van der Waals surface area contributed by atoms with Crippen LogP contribution in [0.4, 0.5) is 5.69 Å². The van der Waals surface area contributed by atoms with Gasteiger partial charge in [-0.25, -0.2) is 8.42 Å². The SMILES string of the molecule is Cc1ccc(S(=O)(=O)N(CC(=O)NCc2ccco2)c2cc(Cl)cc(Cl)c2)cc1. The van der Waals surface area contributed by atoms with E-state index < -0.39 is 22.5 Å². The molecular formula is C20H18Cl2N2O4S. The van der Waals surface area contributed by atoms with Crippen LogP contribution in [-0.2, 0) is 21.4 Å². The van der Waals surface area contributed by atoms with Gasteiger partial charge in [0.15, 0.2) is 0 Å². The van der Waals surface area contributed by atoms with Crippen molar-refractivity contribution in [1.29, 1.82) is 0 Å². The van der Waals surface area contributed by atoms with Crippen molar-refractivity contribution in [3.8, 4) is 0 Å². The number of halogens is 2. The molecule has 6 nitrogen and oxygen atoms in total. The quantitative estimate of drug-likeness (QED) is 0.575. The van der Waals surface area contributed by atoms with Gasteiger partial charge in [-0.2, -0.15) is 0 Å². The number of rotatable bonds is 7. The molecule has 0 aliphatic heterocycles. The lowest BCUT2D eigenvalue weighted by atomic mass is 10.2. The Morgan fingerprint density at radius 2 is 1.72 bits per heavy atom. The van der Waals surface area contributed by atoms with Crippen LogP contribution in [0.25, 0.3) is 0 Å². The summed E-state index contributed by atoms with van der Waals surface area (Å²) >= 11 is 12.1. The van der Waals surface area contributed by atoms with E-state index in [2.05, 4.69) is 5.32 Å². The van der Waals surface area contributed by atoms with E-state index >= 15 is 0 Å². The van der Waals surface area contributed by atoms with Crippen molar-refractivity contribution in [3.63, 3.8) is 0 Å². The molecule has 0 radical (unpaired) electrons. The van der Waals surface area contributed by atoms with Crippen LogP contribution >= 0.6 is 23.2 Å². The first-order chi connectivity index (χ1) is 13.8. The number of anilines is 1. The summed E-state index contributed by atoms with van der Waals surface area (Å²) in [6, 6.07) is 14.1. The minimum absolute atomic E-state index is 0.0537. The number of nitrogens with one attached hydrogen (secondary N) is 1. The normalized spacial score (nSPS) is 11.3. The minimum Gasteiger partial charge on any atom is -0.467 e. The number of nitrogens with zero attached hydrogens (tertiary/aromatic N) is 1. The van der Waals surface area contributed by atoms with Gasteiger partial charge in [0.05, 0.1) is 23.4 Å². The van der Waals surface area contributed by atoms with Crippen molar-refractivity contribution in [2.75, 3.05) is 10.8 Å². The summed E-state index contributed by atoms with van der Waals surface area (Å²) in [6.45, 7) is 1.54. The zero-order valence-electron chi connectivity index (χ0n) is 15.4. The van der Waals surface area contributed by atoms with E-state index in [0.717, 1.165) is 9.87 Å². The molecule has 3 aromatic rings.